The smallest absolute Gasteiger partial charge is 0.0700 e. The molecule has 0 spiro atoms. The first kappa shape index (κ1) is 15.5. The summed E-state index contributed by atoms with van der Waals surface area (Å²) in [5.41, 5.74) is 2.86. The summed E-state index contributed by atoms with van der Waals surface area (Å²) in [4.78, 5) is 0. The van der Waals surface area contributed by atoms with E-state index in [2.05, 4.69) is 29.6 Å². The van der Waals surface area contributed by atoms with Crippen molar-refractivity contribution in [2.24, 2.45) is 0 Å². The molecular formula is C17H27NO2. The Morgan fingerprint density at radius 2 is 1.90 bits per heavy atom. The van der Waals surface area contributed by atoms with Gasteiger partial charge in [-0.1, -0.05) is 30.7 Å². The van der Waals surface area contributed by atoms with Crippen molar-refractivity contribution >= 4 is 0 Å². The maximum absolute atomic E-state index is 5.55. The molecule has 1 N–H and O–H groups in total. The first-order valence-electron chi connectivity index (χ1n) is 7.69. The van der Waals surface area contributed by atoms with Crippen molar-refractivity contribution in [1.29, 1.82) is 0 Å². The first-order valence-corrected chi connectivity index (χ1v) is 7.69. The molecule has 1 aliphatic rings. The maximum atomic E-state index is 5.55. The van der Waals surface area contributed by atoms with Crippen LogP contribution in [0.25, 0.3) is 0 Å². The molecule has 3 heteroatoms. The molecule has 1 fully saturated rings. The lowest BCUT2D eigenvalue weighted by molar-refractivity contribution is 0.0661. The first-order chi connectivity index (χ1) is 9.85. The van der Waals surface area contributed by atoms with E-state index in [0.717, 1.165) is 18.9 Å². The van der Waals surface area contributed by atoms with E-state index in [-0.39, 0.29) is 0 Å². The third-order valence-corrected chi connectivity index (χ3v) is 4.25. The SMILES string of the molecule is CNC(CCOCCOC)c1ccc(C2CCC2)cc1. The summed E-state index contributed by atoms with van der Waals surface area (Å²) in [6.07, 6.45) is 5.11. The van der Waals surface area contributed by atoms with Crippen LogP contribution in [0.15, 0.2) is 24.3 Å². The normalized spacial score (nSPS) is 16.9. The Kier molecular flexibility index (Phi) is 6.51. The predicted molar refractivity (Wildman–Crippen MR) is 82.1 cm³/mol. The van der Waals surface area contributed by atoms with Gasteiger partial charge in [0, 0.05) is 19.8 Å². The lowest BCUT2D eigenvalue weighted by Crippen LogP contribution is -2.19. The fraction of sp³-hybridized carbons (Fsp3) is 0.647. The topological polar surface area (TPSA) is 30.5 Å². The van der Waals surface area contributed by atoms with Crippen LogP contribution in [0.1, 0.15) is 48.8 Å². The molecule has 1 aromatic carbocycles. The predicted octanol–water partition coefficient (Wildman–Crippen LogP) is 3.27. The van der Waals surface area contributed by atoms with Gasteiger partial charge in [-0.3, -0.25) is 0 Å². The minimum Gasteiger partial charge on any atom is -0.382 e. The van der Waals surface area contributed by atoms with E-state index in [4.69, 9.17) is 9.47 Å². The average molecular weight is 277 g/mol. The van der Waals surface area contributed by atoms with Gasteiger partial charge in [0.05, 0.1) is 13.2 Å². The molecule has 1 aliphatic carbocycles. The molecule has 0 saturated heterocycles. The zero-order valence-corrected chi connectivity index (χ0v) is 12.7. The number of nitrogens with one attached hydrogen (secondary N) is 1. The van der Waals surface area contributed by atoms with Gasteiger partial charge in [0.25, 0.3) is 0 Å². The lowest BCUT2D eigenvalue weighted by Gasteiger charge is -2.26. The van der Waals surface area contributed by atoms with Crippen molar-refractivity contribution < 1.29 is 9.47 Å². The second-order valence-electron chi connectivity index (χ2n) is 5.53. The number of methoxy groups -OCH3 is 1. The molecule has 1 unspecified atom stereocenters. The molecule has 0 amide bonds. The molecule has 0 heterocycles. The molecule has 2 rings (SSSR count). The Balaban J connectivity index is 1.80. The fourth-order valence-corrected chi connectivity index (χ4v) is 2.67. The quantitative estimate of drug-likeness (QED) is 0.703. The van der Waals surface area contributed by atoms with E-state index in [9.17, 15) is 0 Å². The third kappa shape index (κ3) is 4.30. The minimum atomic E-state index is 0.369. The zero-order chi connectivity index (χ0) is 14.2. The van der Waals surface area contributed by atoms with Gasteiger partial charge < -0.3 is 14.8 Å². The van der Waals surface area contributed by atoms with Crippen molar-refractivity contribution in [3.8, 4) is 0 Å². The van der Waals surface area contributed by atoms with Crippen LogP contribution >= 0.6 is 0 Å². The van der Waals surface area contributed by atoms with Gasteiger partial charge in [-0.15, -0.1) is 0 Å². The van der Waals surface area contributed by atoms with Gasteiger partial charge in [0.1, 0.15) is 0 Å². The fourth-order valence-electron chi connectivity index (χ4n) is 2.67. The monoisotopic (exact) mass is 277 g/mol. The Labute approximate surface area is 122 Å². The number of rotatable bonds is 9. The molecule has 20 heavy (non-hydrogen) atoms. The number of benzene rings is 1. The Morgan fingerprint density at radius 1 is 1.15 bits per heavy atom. The highest BCUT2D eigenvalue weighted by Crippen LogP contribution is 2.36. The Bertz CT molecular complexity index is 373. The van der Waals surface area contributed by atoms with E-state index in [0.29, 0.717) is 19.3 Å². The molecular weight excluding hydrogens is 250 g/mol. The second-order valence-corrected chi connectivity index (χ2v) is 5.53. The van der Waals surface area contributed by atoms with Crippen LogP contribution in [-0.2, 0) is 9.47 Å². The molecule has 0 aliphatic heterocycles. The molecule has 3 nitrogen and oxygen atoms in total. The highest BCUT2D eigenvalue weighted by atomic mass is 16.5. The maximum Gasteiger partial charge on any atom is 0.0700 e. The lowest BCUT2D eigenvalue weighted by atomic mass is 9.80. The Morgan fingerprint density at radius 3 is 2.45 bits per heavy atom. The third-order valence-electron chi connectivity index (χ3n) is 4.25. The number of hydrogen-bond donors (Lipinski definition) is 1. The van der Waals surface area contributed by atoms with Gasteiger partial charge in [-0.2, -0.15) is 0 Å². The van der Waals surface area contributed by atoms with Crippen LogP contribution in [-0.4, -0.2) is 34.0 Å². The van der Waals surface area contributed by atoms with Gasteiger partial charge >= 0.3 is 0 Å². The van der Waals surface area contributed by atoms with Crippen LogP contribution in [0.5, 0.6) is 0 Å². The standard InChI is InChI=1S/C17H27NO2/c1-18-17(10-11-20-13-12-19-2)16-8-6-15(7-9-16)14-4-3-5-14/h6-9,14,17-18H,3-5,10-13H2,1-2H3. The molecule has 1 saturated carbocycles. The molecule has 1 aromatic rings. The number of ether oxygens (including phenoxy) is 2. The molecule has 0 bridgehead atoms. The highest BCUT2D eigenvalue weighted by molar-refractivity contribution is 5.28. The van der Waals surface area contributed by atoms with Crippen molar-refractivity contribution in [3.05, 3.63) is 35.4 Å². The summed E-state index contributed by atoms with van der Waals surface area (Å²) in [5.74, 6) is 0.814. The van der Waals surface area contributed by atoms with Crippen LogP contribution in [0.3, 0.4) is 0 Å². The second kappa shape index (κ2) is 8.40. The summed E-state index contributed by atoms with van der Waals surface area (Å²) >= 11 is 0. The van der Waals surface area contributed by atoms with Gasteiger partial charge in [-0.25, -0.2) is 0 Å². The van der Waals surface area contributed by atoms with E-state index < -0.39 is 0 Å². The van der Waals surface area contributed by atoms with Crippen molar-refractivity contribution in [1.82, 2.24) is 5.32 Å². The summed E-state index contributed by atoms with van der Waals surface area (Å²) in [6, 6.07) is 9.51. The van der Waals surface area contributed by atoms with Crippen molar-refractivity contribution in [2.75, 3.05) is 34.0 Å². The van der Waals surface area contributed by atoms with Gasteiger partial charge in [0.2, 0.25) is 0 Å². The summed E-state index contributed by atoms with van der Waals surface area (Å²) in [6.45, 7) is 2.10. The number of hydrogen-bond acceptors (Lipinski definition) is 3. The Hall–Kier alpha value is -0.900. The summed E-state index contributed by atoms with van der Waals surface area (Å²) in [7, 11) is 3.71. The van der Waals surface area contributed by atoms with E-state index >= 15 is 0 Å². The van der Waals surface area contributed by atoms with Crippen LogP contribution in [0.4, 0.5) is 0 Å². The van der Waals surface area contributed by atoms with Crippen LogP contribution in [0.2, 0.25) is 0 Å². The molecule has 1 atom stereocenters. The van der Waals surface area contributed by atoms with E-state index in [1.165, 1.54) is 30.4 Å². The summed E-state index contributed by atoms with van der Waals surface area (Å²) < 4.78 is 10.5. The molecule has 0 aromatic heterocycles. The van der Waals surface area contributed by atoms with Crippen LogP contribution in [0, 0.1) is 0 Å². The minimum absolute atomic E-state index is 0.369. The molecule has 112 valence electrons. The largest absolute Gasteiger partial charge is 0.382 e. The zero-order valence-electron chi connectivity index (χ0n) is 12.7. The highest BCUT2D eigenvalue weighted by Gasteiger charge is 2.19. The van der Waals surface area contributed by atoms with Crippen molar-refractivity contribution in [3.63, 3.8) is 0 Å². The average Bonchev–Trinajstić information content (AvgIpc) is 2.42. The summed E-state index contributed by atoms with van der Waals surface area (Å²) in [5, 5.41) is 3.37. The van der Waals surface area contributed by atoms with E-state index in [1.807, 2.05) is 7.05 Å². The van der Waals surface area contributed by atoms with Crippen LogP contribution < -0.4 is 5.32 Å². The van der Waals surface area contributed by atoms with Gasteiger partial charge in [0.15, 0.2) is 0 Å². The van der Waals surface area contributed by atoms with Crippen molar-refractivity contribution in [2.45, 2.75) is 37.6 Å². The van der Waals surface area contributed by atoms with E-state index in [1.54, 1.807) is 7.11 Å². The van der Waals surface area contributed by atoms with Gasteiger partial charge in [-0.05, 0) is 43.4 Å². The molecule has 0 radical (unpaired) electrons.